The maximum atomic E-state index is 11.6. The van der Waals surface area contributed by atoms with Gasteiger partial charge in [0.15, 0.2) is 0 Å². The van der Waals surface area contributed by atoms with Crippen LogP contribution in [0.15, 0.2) is 0 Å². The number of hydrogen-bond acceptors (Lipinski definition) is 2. The highest BCUT2D eigenvalue weighted by Gasteiger charge is 2.41. The summed E-state index contributed by atoms with van der Waals surface area (Å²) in [5.74, 6) is -0.573. The Morgan fingerprint density at radius 3 is 2.00 bits per heavy atom. The first-order valence-electron chi connectivity index (χ1n) is 8.07. The molecule has 1 saturated heterocycles. The fourth-order valence-corrected chi connectivity index (χ4v) is 3.54. The zero-order valence-electron chi connectivity index (χ0n) is 13.0. The van der Waals surface area contributed by atoms with E-state index < -0.39 is 11.4 Å². The second-order valence-electron chi connectivity index (χ2n) is 6.10. The third-order valence-corrected chi connectivity index (χ3v) is 4.70. The minimum absolute atomic E-state index is 0.436. The van der Waals surface area contributed by atoms with Gasteiger partial charge in [-0.2, -0.15) is 0 Å². The molecule has 19 heavy (non-hydrogen) atoms. The molecule has 0 amide bonds. The van der Waals surface area contributed by atoms with Gasteiger partial charge in [-0.3, -0.25) is 4.79 Å². The minimum Gasteiger partial charge on any atom is -0.481 e. The van der Waals surface area contributed by atoms with Crippen LogP contribution in [0.4, 0.5) is 0 Å². The number of carboxylic acid groups (broad SMARTS) is 1. The zero-order chi connectivity index (χ0) is 14.3. The van der Waals surface area contributed by atoms with Gasteiger partial charge >= 0.3 is 5.97 Å². The second kappa shape index (κ2) is 7.88. The molecule has 1 heterocycles. The minimum atomic E-state index is -0.573. The largest absolute Gasteiger partial charge is 0.481 e. The summed E-state index contributed by atoms with van der Waals surface area (Å²) in [5, 5.41) is 9.53. The summed E-state index contributed by atoms with van der Waals surface area (Å²) in [7, 11) is 0. The molecule has 112 valence electrons. The number of rotatable bonds is 8. The lowest BCUT2D eigenvalue weighted by molar-refractivity contribution is -0.153. The summed E-state index contributed by atoms with van der Waals surface area (Å²) < 4.78 is 0. The van der Waals surface area contributed by atoms with Crippen molar-refractivity contribution in [2.24, 2.45) is 5.41 Å². The number of carboxylic acids is 1. The third kappa shape index (κ3) is 4.20. The van der Waals surface area contributed by atoms with Gasteiger partial charge in [-0.15, -0.1) is 0 Å². The Hall–Kier alpha value is -0.570. The van der Waals surface area contributed by atoms with Gasteiger partial charge in [0, 0.05) is 6.04 Å². The number of likely N-dealkylation sites (tertiary alicyclic amines) is 1. The van der Waals surface area contributed by atoms with Gasteiger partial charge in [0.1, 0.15) is 0 Å². The first-order chi connectivity index (χ1) is 9.09. The lowest BCUT2D eigenvalue weighted by atomic mass is 9.74. The van der Waals surface area contributed by atoms with Crippen LogP contribution < -0.4 is 0 Å². The van der Waals surface area contributed by atoms with E-state index in [0.717, 1.165) is 38.8 Å². The number of aliphatic carboxylic acids is 1. The van der Waals surface area contributed by atoms with E-state index >= 15 is 0 Å². The van der Waals surface area contributed by atoms with E-state index in [0.29, 0.717) is 6.04 Å². The van der Waals surface area contributed by atoms with Crippen LogP contribution in [-0.2, 0) is 4.79 Å². The monoisotopic (exact) mass is 269 g/mol. The van der Waals surface area contributed by atoms with Crippen LogP contribution in [0.3, 0.4) is 0 Å². The van der Waals surface area contributed by atoms with Crippen molar-refractivity contribution >= 4 is 5.97 Å². The van der Waals surface area contributed by atoms with Gasteiger partial charge in [0.05, 0.1) is 5.41 Å². The molecule has 1 rings (SSSR count). The van der Waals surface area contributed by atoms with Crippen LogP contribution in [-0.4, -0.2) is 35.1 Å². The highest BCUT2D eigenvalue weighted by molar-refractivity contribution is 5.74. The van der Waals surface area contributed by atoms with Crippen molar-refractivity contribution in [1.29, 1.82) is 0 Å². The van der Waals surface area contributed by atoms with E-state index in [1.165, 1.54) is 25.7 Å². The molecule has 1 N–H and O–H groups in total. The molecule has 3 heteroatoms. The van der Waals surface area contributed by atoms with Crippen LogP contribution in [0.25, 0.3) is 0 Å². The quantitative estimate of drug-likeness (QED) is 0.726. The smallest absolute Gasteiger partial charge is 0.309 e. The highest BCUT2D eigenvalue weighted by atomic mass is 16.4. The first-order valence-corrected chi connectivity index (χ1v) is 8.07. The van der Waals surface area contributed by atoms with Gasteiger partial charge in [0.25, 0.3) is 0 Å². The van der Waals surface area contributed by atoms with Gasteiger partial charge in [-0.25, -0.2) is 0 Å². The van der Waals surface area contributed by atoms with E-state index in [-0.39, 0.29) is 0 Å². The Morgan fingerprint density at radius 2 is 1.63 bits per heavy atom. The number of piperidine rings is 1. The molecular formula is C16H31NO2. The van der Waals surface area contributed by atoms with Crippen molar-refractivity contribution in [3.8, 4) is 0 Å². The standard InChI is InChI=1S/C16H31NO2/c1-4-7-14(8-5-2)17-12-10-16(9-6-3,11-13-17)15(18)19/h14H,4-13H2,1-3H3,(H,18,19). The Morgan fingerprint density at radius 1 is 1.11 bits per heavy atom. The van der Waals surface area contributed by atoms with Gasteiger partial charge in [-0.1, -0.05) is 40.0 Å². The van der Waals surface area contributed by atoms with Crippen molar-refractivity contribution in [2.75, 3.05) is 13.1 Å². The molecular weight excluding hydrogens is 238 g/mol. The first kappa shape index (κ1) is 16.5. The van der Waals surface area contributed by atoms with Crippen LogP contribution in [0, 0.1) is 5.41 Å². The van der Waals surface area contributed by atoms with Crippen LogP contribution in [0.5, 0.6) is 0 Å². The lowest BCUT2D eigenvalue weighted by Gasteiger charge is -2.42. The maximum Gasteiger partial charge on any atom is 0.309 e. The number of nitrogens with zero attached hydrogens (tertiary/aromatic N) is 1. The summed E-state index contributed by atoms with van der Waals surface area (Å²) in [4.78, 5) is 14.1. The van der Waals surface area contributed by atoms with Crippen molar-refractivity contribution in [3.05, 3.63) is 0 Å². The summed E-state index contributed by atoms with van der Waals surface area (Å²) in [6.45, 7) is 8.51. The molecule has 0 atom stereocenters. The van der Waals surface area contributed by atoms with Gasteiger partial charge in [0.2, 0.25) is 0 Å². The molecule has 3 nitrogen and oxygen atoms in total. The van der Waals surface area contributed by atoms with Crippen molar-refractivity contribution in [1.82, 2.24) is 4.90 Å². The van der Waals surface area contributed by atoms with Crippen LogP contribution in [0.2, 0.25) is 0 Å². The Kier molecular flexibility index (Phi) is 6.84. The summed E-state index contributed by atoms with van der Waals surface area (Å²) in [5.41, 5.74) is -0.436. The van der Waals surface area contributed by atoms with E-state index in [1.807, 2.05) is 0 Å². The average molecular weight is 269 g/mol. The molecule has 0 saturated carbocycles. The Bertz CT molecular complexity index is 264. The van der Waals surface area contributed by atoms with Crippen LogP contribution in [0.1, 0.15) is 72.1 Å². The van der Waals surface area contributed by atoms with E-state index in [2.05, 4.69) is 25.7 Å². The molecule has 1 fully saturated rings. The van der Waals surface area contributed by atoms with E-state index in [1.54, 1.807) is 0 Å². The summed E-state index contributed by atoms with van der Waals surface area (Å²) in [6.07, 6.45) is 8.42. The summed E-state index contributed by atoms with van der Waals surface area (Å²) >= 11 is 0. The predicted molar refractivity (Wildman–Crippen MR) is 79.4 cm³/mol. The molecule has 1 aliphatic rings. The molecule has 1 aliphatic heterocycles. The van der Waals surface area contributed by atoms with Crippen LogP contribution >= 0.6 is 0 Å². The SMILES string of the molecule is CCCC(CCC)N1CCC(CCC)(C(=O)O)CC1. The lowest BCUT2D eigenvalue weighted by Crippen LogP contribution is -2.48. The Balaban J connectivity index is 2.60. The molecule has 0 unspecified atom stereocenters. The fourth-order valence-electron chi connectivity index (χ4n) is 3.54. The second-order valence-corrected chi connectivity index (χ2v) is 6.10. The number of hydrogen-bond donors (Lipinski definition) is 1. The predicted octanol–water partition coefficient (Wildman–Crippen LogP) is 3.92. The molecule has 0 aromatic carbocycles. The zero-order valence-corrected chi connectivity index (χ0v) is 13.0. The van der Waals surface area contributed by atoms with Crippen molar-refractivity contribution in [2.45, 2.75) is 78.2 Å². The Labute approximate surface area is 118 Å². The topological polar surface area (TPSA) is 40.5 Å². The molecule has 0 aliphatic carbocycles. The fraction of sp³-hybridized carbons (Fsp3) is 0.938. The molecule has 0 aromatic rings. The molecule has 0 bridgehead atoms. The van der Waals surface area contributed by atoms with Gasteiger partial charge in [-0.05, 0) is 45.2 Å². The molecule has 0 aromatic heterocycles. The van der Waals surface area contributed by atoms with Crippen molar-refractivity contribution < 1.29 is 9.90 Å². The molecule has 0 spiro atoms. The maximum absolute atomic E-state index is 11.6. The third-order valence-electron chi connectivity index (χ3n) is 4.70. The molecule has 0 radical (unpaired) electrons. The van der Waals surface area contributed by atoms with Crippen molar-refractivity contribution in [3.63, 3.8) is 0 Å². The highest BCUT2D eigenvalue weighted by Crippen LogP contribution is 2.37. The van der Waals surface area contributed by atoms with E-state index in [4.69, 9.17) is 0 Å². The number of carbonyl (C=O) groups is 1. The average Bonchev–Trinajstić information content (AvgIpc) is 2.39. The normalized spacial score (nSPS) is 19.8. The van der Waals surface area contributed by atoms with E-state index in [9.17, 15) is 9.90 Å². The van der Waals surface area contributed by atoms with Gasteiger partial charge < -0.3 is 10.0 Å². The summed E-state index contributed by atoms with van der Waals surface area (Å²) in [6, 6.07) is 0.670.